The molecule has 0 fully saturated rings. The molecule has 0 bridgehead atoms. The summed E-state index contributed by atoms with van der Waals surface area (Å²) in [6.45, 7) is 3.90. The third kappa shape index (κ3) is 4.18. The van der Waals surface area contributed by atoms with Crippen molar-refractivity contribution < 1.29 is 9.59 Å². The molecule has 92 valence electrons. The highest BCUT2D eigenvalue weighted by Crippen LogP contribution is 2.05. The molecule has 0 aromatic carbocycles. The fourth-order valence-corrected chi connectivity index (χ4v) is 1.37. The van der Waals surface area contributed by atoms with E-state index in [2.05, 4.69) is 15.3 Å². The Morgan fingerprint density at radius 1 is 1.47 bits per heavy atom. The van der Waals surface area contributed by atoms with Gasteiger partial charge in [-0.25, -0.2) is 9.97 Å². The summed E-state index contributed by atoms with van der Waals surface area (Å²) in [7, 11) is 0. The van der Waals surface area contributed by atoms with Gasteiger partial charge in [0, 0.05) is 6.20 Å². The van der Waals surface area contributed by atoms with Crippen molar-refractivity contribution in [3.8, 4) is 0 Å². The van der Waals surface area contributed by atoms with E-state index in [1.165, 1.54) is 18.6 Å². The lowest BCUT2D eigenvalue weighted by Crippen LogP contribution is -2.45. The lowest BCUT2D eigenvalue weighted by Gasteiger charge is -2.16. The van der Waals surface area contributed by atoms with Crippen LogP contribution >= 0.6 is 0 Å². The Morgan fingerprint density at radius 3 is 2.65 bits per heavy atom. The first-order valence-corrected chi connectivity index (χ1v) is 5.37. The Hall–Kier alpha value is -1.98. The minimum absolute atomic E-state index is 0.218. The molecule has 0 unspecified atom stereocenters. The van der Waals surface area contributed by atoms with Crippen LogP contribution in [0.3, 0.4) is 0 Å². The molecule has 17 heavy (non-hydrogen) atoms. The monoisotopic (exact) mass is 236 g/mol. The number of amides is 2. The Morgan fingerprint density at radius 2 is 2.18 bits per heavy atom. The van der Waals surface area contributed by atoms with E-state index in [9.17, 15) is 9.59 Å². The van der Waals surface area contributed by atoms with Gasteiger partial charge in [0.25, 0.3) is 5.91 Å². The summed E-state index contributed by atoms with van der Waals surface area (Å²) in [5.41, 5.74) is 5.44. The third-order valence-corrected chi connectivity index (χ3v) is 2.17. The maximum Gasteiger partial charge on any atom is 0.270 e. The largest absolute Gasteiger partial charge is 0.368 e. The van der Waals surface area contributed by atoms with Gasteiger partial charge in [-0.3, -0.25) is 9.59 Å². The van der Waals surface area contributed by atoms with E-state index < -0.39 is 17.9 Å². The maximum absolute atomic E-state index is 11.7. The van der Waals surface area contributed by atoms with Gasteiger partial charge in [-0.05, 0) is 18.4 Å². The molecule has 0 radical (unpaired) electrons. The normalized spacial score (nSPS) is 12.2. The summed E-state index contributed by atoms with van der Waals surface area (Å²) in [5.74, 6) is -0.698. The molecule has 1 aromatic heterocycles. The molecule has 1 heterocycles. The predicted molar refractivity (Wildman–Crippen MR) is 61.9 cm³/mol. The molecule has 6 heteroatoms. The Balaban J connectivity index is 2.68. The van der Waals surface area contributed by atoms with Crippen LogP contribution < -0.4 is 11.1 Å². The molecule has 1 rings (SSSR count). The zero-order valence-electron chi connectivity index (χ0n) is 9.88. The molecule has 0 saturated heterocycles. The molecular formula is C11H16N4O2. The van der Waals surface area contributed by atoms with E-state index in [1.54, 1.807) is 0 Å². The average Bonchev–Trinajstić information content (AvgIpc) is 2.28. The van der Waals surface area contributed by atoms with Crippen LogP contribution in [0.4, 0.5) is 0 Å². The fourth-order valence-electron chi connectivity index (χ4n) is 1.37. The number of aromatic nitrogens is 2. The zero-order chi connectivity index (χ0) is 12.8. The van der Waals surface area contributed by atoms with E-state index in [-0.39, 0.29) is 11.6 Å². The lowest BCUT2D eigenvalue weighted by atomic mass is 10.0. The molecule has 3 N–H and O–H groups in total. The molecule has 0 aliphatic carbocycles. The van der Waals surface area contributed by atoms with Crippen LogP contribution in [0.5, 0.6) is 0 Å². The molecule has 1 aromatic rings. The second-order valence-electron chi connectivity index (χ2n) is 4.15. The van der Waals surface area contributed by atoms with Gasteiger partial charge in [-0.2, -0.15) is 0 Å². The van der Waals surface area contributed by atoms with Crippen molar-refractivity contribution >= 4 is 11.8 Å². The lowest BCUT2D eigenvalue weighted by molar-refractivity contribution is -0.120. The Bertz CT molecular complexity index is 392. The molecular weight excluding hydrogens is 220 g/mol. The number of hydrogen-bond donors (Lipinski definition) is 2. The van der Waals surface area contributed by atoms with Crippen LogP contribution in [-0.4, -0.2) is 27.8 Å². The van der Waals surface area contributed by atoms with E-state index in [0.717, 1.165) is 0 Å². The number of nitrogens with two attached hydrogens (primary N) is 1. The zero-order valence-corrected chi connectivity index (χ0v) is 9.88. The first-order chi connectivity index (χ1) is 8.00. The van der Waals surface area contributed by atoms with Gasteiger partial charge in [-0.1, -0.05) is 13.8 Å². The van der Waals surface area contributed by atoms with Crippen LogP contribution in [0.25, 0.3) is 0 Å². The first-order valence-electron chi connectivity index (χ1n) is 5.37. The van der Waals surface area contributed by atoms with Gasteiger partial charge in [-0.15, -0.1) is 0 Å². The summed E-state index contributed by atoms with van der Waals surface area (Å²) in [4.78, 5) is 30.4. The van der Waals surface area contributed by atoms with Gasteiger partial charge in [0.1, 0.15) is 18.1 Å². The van der Waals surface area contributed by atoms with Crippen LogP contribution in [0, 0.1) is 5.92 Å². The molecule has 6 nitrogen and oxygen atoms in total. The van der Waals surface area contributed by atoms with E-state index in [0.29, 0.717) is 6.42 Å². The number of hydrogen-bond acceptors (Lipinski definition) is 4. The molecule has 0 aliphatic rings. The highest BCUT2D eigenvalue weighted by Gasteiger charge is 2.20. The number of rotatable bonds is 5. The van der Waals surface area contributed by atoms with Gasteiger partial charge in [0.15, 0.2) is 0 Å². The van der Waals surface area contributed by atoms with Crippen molar-refractivity contribution in [2.24, 2.45) is 11.7 Å². The van der Waals surface area contributed by atoms with Crippen molar-refractivity contribution in [1.29, 1.82) is 0 Å². The smallest absolute Gasteiger partial charge is 0.270 e. The Labute approximate surface area is 99.6 Å². The molecule has 1 atom stereocenters. The van der Waals surface area contributed by atoms with Crippen molar-refractivity contribution in [2.75, 3.05) is 0 Å². The van der Waals surface area contributed by atoms with Crippen molar-refractivity contribution in [2.45, 2.75) is 26.3 Å². The summed E-state index contributed by atoms with van der Waals surface area (Å²) in [6.07, 6.45) is 3.24. The van der Waals surface area contributed by atoms with Gasteiger partial charge in [0.05, 0.1) is 0 Å². The summed E-state index contributed by atoms with van der Waals surface area (Å²) < 4.78 is 0. The Kier molecular flexibility index (Phi) is 4.56. The van der Waals surface area contributed by atoms with Crippen molar-refractivity contribution in [1.82, 2.24) is 15.3 Å². The SMILES string of the molecule is CC(C)C[C@H](NC(=O)c1ccncn1)C(N)=O. The third-order valence-electron chi connectivity index (χ3n) is 2.17. The standard InChI is InChI=1S/C11H16N4O2/c1-7(2)5-9(10(12)16)15-11(17)8-3-4-13-6-14-8/h3-4,6-7,9H,5H2,1-2H3,(H2,12,16)(H,15,17)/t9-/m0/s1. The van der Waals surface area contributed by atoms with Gasteiger partial charge >= 0.3 is 0 Å². The summed E-state index contributed by atoms with van der Waals surface area (Å²) in [5, 5.41) is 2.56. The van der Waals surface area contributed by atoms with Crippen LogP contribution in [-0.2, 0) is 4.79 Å². The number of carbonyl (C=O) groups is 2. The molecule has 0 aliphatic heterocycles. The quantitative estimate of drug-likeness (QED) is 0.757. The molecule has 2 amide bonds. The van der Waals surface area contributed by atoms with Crippen molar-refractivity contribution in [3.63, 3.8) is 0 Å². The topological polar surface area (TPSA) is 98.0 Å². The molecule has 0 spiro atoms. The van der Waals surface area contributed by atoms with Gasteiger partial charge in [0.2, 0.25) is 5.91 Å². The second-order valence-corrected chi connectivity index (χ2v) is 4.15. The number of nitrogens with zero attached hydrogens (tertiary/aromatic N) is 2. The number of carbonyl (C=O) groups excluding carboxylic acids is 2. The highest BCUT2D eigenvalue weighted by atomic mass is 16.2. The van der Waals surface area contributed by atoms with E-state index in [4.69, 9.17) is 5.73 Å². The van der Waals surface area contributed by atoms with E-state index >= 15 is 0 Å². The van der Waals surface area contributed by atoms with Crippen molar-refractivity contribution in [3.05, 3.63) is 24.3 Å². The van der Waals surface area contributed by atoms with Crippen LogP contribution in [0.15, 0.2) is 18.6 Å². The summed E-state index contributed by atoms with van der Waals surface area (Å²) >= 11 is 0. The number of nitrogens with one attached hydrogen (secondary N) is 1. The van der Waals surface area contributed by atoms with Crippen LogP contribution in [0.1, 0.15) is 30.8 Å². The van der Waals surface area contributed by atoms with Crippen LogP contribution in [0.2, 0.25) is 0 Å². The minimum Gasteiger partial charge on any atom is -0.368 e. The number of primary amides is 1. The fraction of sp³-hybridized carbons (Fsp3) is 0.455. The summed E-state index contributed by atoms with van der Waals surface area (Å²) in [6, 6.07) is 0.806. The first kappa shape index (κ1) is 13.1. The van der Waals surface area contributed by atoms with Gasteiger partial charge < -0.3 is 11.1 Å². The average molecular weight is 236 g/mol. The second kappa shape index (κ2) is 5.93. The van der Waals surface area contributed by atoms with E-state index in [1.807, 2.05) is 13.8 Å². The predicted octanol–water partition coefficient (Wildman–Crippen LogP) is 0.106. The minimum atomic E-state index is -0.669. The molecule has 0 saturated carbocycles. The highest BCUT2D eigenvalue weighted by molar-refractivity contribution is 5.95. The maximum atomic E-state index is 11.7.